The minimum absolute atomic E-state index is 0.116. The average molecular weight is 392 g/mol. The van der Waals surface area contributed by atoms with Crippen molar-refractivity contribution in [1.82, 2.24) is 4.90 Å². The number of ketones is 1. The summed E-state index contributed by atoms with van der Waals surface area (Å²) >= 11 is 12.1. The van der Waals surface area contributed by atoms with E-state index < -0.39 is 0 Å². The zero-order valence-corrected chi connectivity index (χ0v) is 16.4. The van der Waals surface area contributed by atoms with Crippen molar-refractivity contribution in [1.29, 1.82) is 0 Å². The lowest BCUT2D eigenvalue weighted by molar-refractivity contribution is 0.103. The summed E-state index contributed by atoms with van der Waals surface area (Å²) in [5.74, 6) is 0.704. The molecule has 0 atom stereocenters. The van der Waals surface area contributed by atoms with Crippen LogP contribution < -0.4 is 4.74 Å². The molecule has 5 heteroatoms. The third kappa shape index (κ3) is 4.79. The Morgan fingerprint density at radius 1 is 1.08 bits per heavy atom. The number of aryl methyl sites for hydroxylation is 1. The van der Waals surface area contributed by atoms with Crippen molar-refractivity contribution in [3.05, 3.63) is 63.1 Å². The predicted molar refractivity (Wildman–Crippen MR) is 107 cm³/mol. The van der Waals surface area contributed by atoms with Gasteiger partial charge in [-0.1, -0.05) is 29.6 Å². The van der Waals surface area contributed by atoms with Gasteiger partial charge in [-0.25, -0.2) is 0 Å². The lowest BCUT2D eigenvalue weighted by Crippen LogP contribution is -2.33. The van der Waals surface area contributed by atoms with E-state index in [-0.39, 0.29) is 5.78 Å². The van der Waals surface area contributed by atoms with E-state index in [2.05, 4.69) is 4.90 Å². The molecule has 138 valence electrons. The standard InChI is InChI=1S/C21H23Cl2NO2/c1-15-13-16(21(25)18-7-6-17(22)14-19(18)23)5-8-20(15)26-12-11-24-9-3-2-4-10-24/h5-8,13-14H,2-4,9-12H2,1H3. The second kappa shape index (κ2) is 8.90. The van der Waals surface area contributed by atoms with E-state index in [1.807, 2.05) is 19.1 Å². The largest absolute Gasteiger partial charge is 0.492 e. The Morgan fingerprint density at radius 3 is 2.54 bits per heavy atom. The molecule has 1 aliphatic rings. The number of rotatable bonds is 6. The Kier molecular flexibility index (Phi) is 6.58. The number of nitrogens with zero attached hydrogens (tertiary/aromatic N) is 1. The molecule has 1 aliphatic heterocycles. The van der Waals surface area contributed by atoms with E-state index in [1.165, 1.54) is 19.3 Å². The molecule has 1 saturated heterocycles. The number of benzene rings is 2. The van der Waals surface area contributed by atoms with E-state index in [0.29, 0.717) is 27.8 Å². The van der Waals surface area contributed by atoms with Gasteiger partial charge in [0.05, 0.1) is 5.02 Å². The van der Waals surface area contributed by atoms with Crippen molar-refractivity contribution >= 4 is 29.0 Å². The monoisotopic (exact) mass is 391 g/mol. The average Bonchev–Trinajstić information content (AvgIpc) is 2.63. The highest BCUT2D eigenvalue weighted by molar-refractivity contribution is 6.37. The molecule has 0 aliphatic carbocycles. The van der Waals surface area contributed by atoms with Crippen molar-refractivity contribution in [3.63, 3.8) is 0 Å². The molecule has 0 bridgehead atoms. The normalized spacial score (nSPS) is 15.0. The highest BCUT2D eigenvalue weighted by Gasteiger charge is 2.15. The number of hydrogen-bond donors (Lipinski definition) is 0. The number of hydrogen-bond acceptors (Lipinski definition) is 3. The highest BCUT2D eigenvalue weighted by atomic mass is 35.5. The van der Waals surface area contributed by atoms with Crippen LogP contribution >= 0.6 is 23.2 Å². The van der Waals surface area contributed by atoms with E-state index in [9.17, 15) is 4.79 Å². The lowest BCUT2D eigenvalue weighted by Gasteiger charge is -2.26. The fourth-order valence-corrected chi connectivity index (χ4v) is 3.74. The molecule has 0 radical (unpaired) electrons. The molecule has 0 N–H and O–H groups in total. The Hall–Kier alpha value is -1.55. The first-order chi connectivity index (χ1) is 12.5. The Bertz CT molecular complexity index is 786. The van der Waals surface area contributed by atoms with Crippen molar-refractivity contribution in [2.75, 3.05) is 26.2 Å². The van der Waals surface area contributed by atoms with Gasteiger partial charge in [-0.05, 0) is 74.8 Å². The van der Waals surface area contributed by atoms with Gasteiger partial charge in [0.1, 0.15) is 12.4 Å². The quantitative estimate of drug-likeness (QED) is 0.617. The van der Waals surface area contributed by atoms with Crippen LogP contribution in [0.3, 0.4) is 0 Å². The molecular weight excluding hydrogens is 369 g/mol. The topological polar surface area (TPSA) is 29.5 Å². The first kappa shape index (κ1) is 19.2. The molecule has 0 amide bonds. The predicted octanol–water partition coefficient (Wildman–Crippen LogP) is 5.40. The second-order valence-corrected chi connectivity index (χ2v) is 7.53. The van der Waals surface area contributed by atoms with Gasteiger partial charge < -0.3 is 4.74 Å². The van der Waals surface area contributed by atoms with Gasteiger partial charge in [0.25, 0.3) is 0 Å². The van der Waals surface area contributed by atoms with Crippen molar-refractivity contribution in [3.8, 4) is 5.75 Å². The molecule has 1 heterocycles. The highest BCUT2D eigenvalue weighted by Crippen LogP contribution is 2.26. The number of carbonyl (C=O) groups excluding carboxylic acids is 1. The third-order valence-electron chi connectivity index (χ3n) is 4.73. The first-order valence-electron chi connectivity index (χ1n) is 9.00. The second-order valence-electron chi connectivity index (χ2n) is 6.68. The van der Waals surface area contributed by atoms with Gasteiger partial charge in [-0.3, -0.25) is 9.69 Å². The third-order valence-corrected chi connectivity index (χ3v) is 5.27. The maximum Gasteiger partial charge on any atom is 0.194 e. The fraction of sp³-hybridized carbons (Fsp3) is 0.381. The summed E-state index contributed by atoms with van der Waals surface area (Å²) in [5.41, 5.74) is 1.99. The van der Waals surface area contributed by atoms with Crippen LogP contribution in [0, 0.1) is 6.92 Å². The van der Waals surface area contributed by atoms with E-state index in [1.54, 1.807) is 24.3 Å². The van der Waals surface area contributed by atoms with Crippen molar-refractivity contribution in [2.45, 2.75) is 26.2 Å². The zero-order valence-electron chi connectivity index (χ0n) is 14.9. The van der Waals surface area contributed by atoms with Crippen LogP contribution in [-0.4, -0.2) is 36.9 Å². The van der Waals surface area contributed by atoms with Gasteiger partial charge in [0.2, 0.25) is 0 Å². The van der Waals surface area contributed by atoms with Crippen molar-refractivity contribution < 1.29 is 9.53 Å². The summed E-state index contributed by atoms with van der Waals surface area (Å²) in [4.78, 5) is 15.1. The van der Waals surface area contributed by atoms with Crippen LogP contribution in [0.25, 0.3) is 0 Å². The Labute approximate surface area is 164 Å². The summed E-state index contributed by atoms with van der Waals surface area (Å²) < 4.78 is 5.92. The van der Waals surface area contributed by atoms with Gasteiger partial charge in [0.15, 0.2) is 5.78 Å². The van der Waals surface area contributed by atoms with Gasteiger partial charge in [-0.15, -0.1) is 0 Å². The van der Waals surface area contributed by atoms with Gasteiger partial charge >= 0.3 is 0 Å². The number of carbonyl (C=O) groups is 1. The summed E-state index contributed by atoms with van der Waals surface area (Å²) in [7, 11) is 0. The summed E-state index contributed by atoms with van der Waals surface area (Å²) in [5, 5.41) is 0.877. The van der Waals surface area contributed by atoms with Crippen molar-refractivity contribution in [2.24, 2.45) is 0 Å². The molecule has 2 aromatic carbocycles. The number of ether oxygens (including phenoxy) is 1. The van der Waals surface area contributed by atoms with Crippen LogP contribution in [0.2, 0.25) is 10.0 Å². The smallest absolute Gasteiger partial charge is 0.194 e. The summed E-state index contributed by atoms with van der Waals surface area (Å²) in [6.45, 7) is 5.89. The molecule has 1 fully saturated rings. The molecule has 0 unspecified atom stereocenters. The van der Waals surface area contributed by atoms with Crippen LogP contribution in [-0.2, 0) is 0 Å². The minimum atomic E-state index is -0.116. The summed E-state index contributed by atoms with van der Waals surface area (Å²) in [6, 6.07) is 10.4. The Morgan fingerprint density at radius 2 is 1.85 bits per heavy atom. The fourth-order valence-electron chi connectivity index (χ4n) is 3.25. The zero-order chi connectivity index (χ0) is 18.5. The van der Waals surface area contributed by atoms with Crippen LogP contribution in [0.5, 0.6) is 5.75 Å². The van der Waals surface area contributed by atoms with E-state index in [0.717, 1.165) is 30.9 Å². The lowest BCUT2D eigenvalue weighted by atomic mass is 10.0. The number of likely N-dealkylation sites (tertiary alicyclic amines) is 1. The molecule has 2 aromatic rings. The van der Waals surface area contributed by atoms with Gasteiger partial charge in [-0.2, -0.15) is 0 Å². The maximum atomic E-state index is 12.7. The maximum absolute atomic E-state index is 12.7. The first-order valence-corrected chi connectivity index (χ1v) is 9.76. The van der Waals surface area contributed by atoms with Crippen LogP contribution in [0.15, 0.2) is 36.4 Å². The van der Waals surface area contributed by atoms with Crippen LogP contribution in [0.4, 0.5) is 0 Å². The molecule has 0 aromatic heterocycles. The summed E-state index contributed by atoms with van der Waals surface area (Å²) in [6.07, 6.45) is 3.90. The molecular formula is C21H23Cl2NO2. The molecule has 3 rings (SSSR count). The van der Waals surface area contributed by atoms with Gasteiger partial charge in [0, 0.05) is 22.7 Å². The number of piperidine rings is 1. The molecule has 0 saturated carbocycles. The molecule has 0 spiro atoms. The number of halogens is 2. The minimum Gasteiger partial charge on any atom is -0.492 e. The van der Waals surface area contributed by atoms with E-state index >= 15 is 0 Å². The SMILES string of the molecule is Cc1cc(C(=O)c2ccc(Cl)cc2Cl)ccc1OCCN1CCCCC1. The molecule has 26 heavy (non-hydrogen) atoms. The van der Waals surface area contributed by atoms with E-state index in [4.69, 9.17) is 27.9 Å². The van der Waals surface area contributed by atoms with Crippen LogP contribution in [0.1, 0.15) is 40.7 Å². The Balaban J connectivity index is 1.64. The molecule has 3 nitrogen and oxygen atoms in total.